The number of aryl methyl sites for hydroxylation is 1. The minimum absolute atomic E-state index is 0.389. The van der Waals surface area contributed by atoms with Crippen molar-refractivity contribution < 1.29 is 0 Å². The van der Waals surface area contributed by atoms with Crippen LogP contribution in [-0.4, -0.2) is 6.04 Å². The van der Waals surface area contributed by atoms with E-state index in [0.717, 1.165) is 29.9 Å². The Bertz CT molecular complexity index is 737. The molecular formula is C25H31N. The molecule has 0 heterocycles. The molecule has 0 aliphatic heterocycles. The van der Waals surface area contributed by atoms with Gasteiger partial charge in [0.15, 0.2) is 0 Å². The Labute approximate surface area is 159 Å². The summed E-state index contributed by atoms with van der Waals surface area (Å²) in [4.78, 5) is 0. The van der Waals surface area contributed by atoms with Gasteiger partial charge in [0.05, 0.1) is 0 Å². The molecule has 0 bridgehead atoms. The van der Waals surface area contributed by atoms with Crippen LogP contribution in [-0.2, 0) is 6.42 Å². The molecule has 1 saturated carbocycles. The molecule has 1 atom stereocenters. The molecule has 1 aliphatic rings. The van der Waals surface area contributed by atoms with Crippen LogP contribution in [0.4, 0.5) is 0 Å². The summed E-state index contributed by atoms with van der Waals surface area (Å²) in [5.74, 6) is 7.98. The van der Waals surface area contributed by atoms with Crippen LogP contribution >= 0.6 is 0 Å². The average Bonchev–Trinajstić information content (AvgIpc) is 2.72. The number of benzene rings is 2. The van der Waals surface area contributed by atoms with Crippen molar-refractivity contribution in [3.8, 4) is 11.8 Å². The van der Waals surface area contributed by atoms with Gasteiger partial charge in [0.2, 0.25) is 0 Å². The fourth-order valence-electron chi connectivity index (χ4n) is 4.02. The van der Waals surface area contributed by atoms with Gasteiger partial charge in [0.1, 0.15) is 0 Å². The van der Waals surface area contributed by atoms with Gasteiger partial charge in [-0.05, 0) is 85.8 Å². The van der Waals surface area contributed by atoms with Crippen molar-refractivity contribution in [2.45, 2.75) is 64.3 Å². The molecular weight excluding hydrogens is 314 g/mol. The van der Waals surface area contributed by atoms with Crippen LogP contribution in [0.2, 0.25) is 0 Å². The van der Waals surface area contributed by atoms with Crippen molar-refractivity contribution >= 4 is 0 Å². The highest BCUT2D eigenvalue weighted by molar-refractivity contribution is 5.44. The molecule has 0 radical (unpaired) electrons. The van der Waals surface area contributed by atoms with E-state index in [-0.39, 0.29) is 0 Å². The minimum atomic E-state index is 0.389. The summed E-state index contributed by atoms with van der Waals surface area (Å²) in [5, 5.41) is 0. The molecule has 1 heteroatoms. The zero-order valence-corrected chi connectivity index (χ0v) is 16.2. The average molecular weight is 346 g/mol. The van der Waals surface area contributed by atoms with Crippen LogP contribution in [0, 0.1) is 17.8 Å². The molecule has 0 aromatic heterocycles. The third kappa shape index (κ3) is 4.77. The lowest BCUT2D eigenvalue weighted by Crippen LogP contribution is -2.32. The summed E-state index contributed by atoms with van der Waals surface area (Å²) in [6, 6.07) is 17.8. The van der Waals surface area contributed by atoms with Crippen LogP contribution in [0.5, 0.6) is 0 Å². The van der Waals surface area contributed by atoms with Crippen molar-refractivity contribution in [3.63, 3.8) is 0 Å². The van der Waals surface area contributed by atoms with Gasteiger partial charge in [-0.2, -0.15) is 0 Å². The Kier molecular flexibility index (Phi) is 6.53. The molecule has 2 aromatic rings. The molecule has 0 spiro atoms. The van der Waals surface area contributed by atoms with Crippen molar-refractivity contribution in [3.05, 3.63) is 70.8 Å². The predicted octanol–water partition coefficient (Wildman–Crippen LogP) is 5.66. The van der Waals surface area contributed by atoms with E-state index in [4.69, 9.17) is 5.73 Å². The Hall–Kier alpha value is -2.04. The first-order valence-electron chi connectivity index (χ1n) is 10.2. The van der Waals surface area contributed by atoms with Gasteiger partial charge in [-0.1, -0.05) is 50.0 Å². The smallest absolute Gasteiger partial charge is 0.0249 e. The van der Waals surface area contributed by atoms with Crippen LogP contribution in [0.25, 0.3) is 0 Å². The van der Waals surface area contributed by atoms with Gasteiger partial charge in [0.25, 0.3) is 0 Å². The number of nitrogens with two attached hydrogens (primary N) is 1. The van der Waals surface area contributed by atoms with Gasteiger partial charge in [-0.3, -0.25) is 0 Å². The Balaban J connectivity index is 1.60. The second-order valence-electron chi connectivity index (χ2n) is 7.61. The van der Waals surface area contributed by atoms with E-state index in [1.807, 2.05) is 0 Å². The maximum atomic E-state index is 6.23. The van der Waals surface area contributed by atoms with Gasteiger partial charge in [-0.15, -0.1) is 0 Å². The standard InChI is InChI=1S/C25H31N/c1-3-19-5-7-20(8-6-19)9-10-21-11-13-22(14-12-21)23-15-17-24(18-16-23)25(26)4-2/h5-8,11-14,23-25H,3-4,15-18,26H2,1-2H3. The molecule has 3 rings (SSSR count). The summed E-state index contributed by atoms with van der Waals surface area (Å²) in [7, 11) is 0. The van der Waals surface area contributed by atoms with E-state index in [2.05, 4.69) is 74.2 Å². The summed E-state index contributed by atoms with van der Waals surface area (Å²) in [5.41, 5.74) is 11.2. The van der Waals surface area contributed by atoms with Crippen LogP contribution in [0.15, 0.2) is 48.5 Å². The number of hydrogen-bond acceptors (Lipinski definition) is 1. The topological polar surface area (TPSA) is 26.0 Å². The van der Waals surface area contributed by atoms with E-state index in [0.29, 0.717) is 12.0 Å². The van der Waals surface area contributed by atoms with Crippen LogP contribution in [0.1, 0.15) is 74.1 Å². The highest BCUT2D eigenvalue weighted by Crippen LogP contribution is 2.37. The molecule has 1 aliphatic carbocycles. The first-order chi connectivity index (χ1) is 12.7. The second-order valence-corrected chi connectivity index (χ2v) is 7.61. The highest BCUT2D eigenvalue weighted by Gasteiger charge is 2.25. The molecule has 136 valence electrons. The van der Waals surface area contributed by atoms with Gasteiger partial charge < -0.3 is 5.73 Å². The fraction of sp³-hybridized carbons (Fsp3) is 0.440. The van der Waals surface area contributed by atoms with Crippen LogP contribution < -0.4 is 5.73 Å². The molecule has 0 saturated heterocycles. The monoisotopic (exact) mass is 345 g/mol. The van der Waals surface area contributed by atoms with E-state index in [9.17, 15) is 0 Å². The highest BCUT2D eigenvalue weighted by atomic mass is 14.6. The Morgan fingerprint density at radius 3 is 1.88 bits per heavy atom. The van der Waals surface area contributed by atoms with E-state index in [1.165, 1.54) is 36.8 Å². The third-order valence-electron chi connectivity index (χ3n) is 5.94. The summed E-state index contributed by atoms with van der Waals surface area (Å²) in [6.45, 7) is 4.38. The lowest BCUT2D eigenvalue weighted by Gasteiger charge is -2.32. The minimum Gasteiger partial charge on any atom is -0.327 e. The lowest BCUT2D eigenvalue weighted by atomic mass is 9.75. The molecule has 26 heavy (non-hydrogen) atoms. The van der Waals surface area contributed by atoms with Crippen LogP contribution in [0.3, 0.4) is 0 Å². The molecule has 1 nitrogen and oxygen atoms in total. The Morgan fingerprint density at radius 1 is 0.846 bits per heavy atom. The second kappa shape index (κ2) is 9.06. The zero-order chi connectivity index (χ0) is 18.4. The van der Waals surface area contributed by atoms with E-state index in [1.54, 1.807) is 0 Å². The molecule has 2 N–H and O–H groups in total. The normalized spacial score (nSPS) is 20.9. The third-order valence-corrected chi connectivity index (χ3v) is 5.94. The number of hydrogen-bond donors (Lipinski definition) is 1. The van der Waals surface area contributed by atoms with Gasteiger partial charge >= 0.3 is 0 Å². The maximum Gasteiger partial charge on any atom is 0.0249 e. The van der Waals surface area contributed by atoms with E-state index >= 15 is 0 Å². The first kappa shape index (κ1) is 18.7. The number of rotatable bonds is 4. The van der Waals surface area contributed by atoms with Crippen molar-refractivity contribution in [2.75, 3.05) is 0 Å². The van der Waals surface area contributed by atoms with Crippen molar-refractivity contribution in [2.24, 2.45) is 11.7 Å². The molecule has 2 aromatic carbocycles. The summed E-state index contributed by atoms with van der Waals surface area (Å²) < 4.78 is 0. The predicted molar refractivity (Wildman–Crippen MR) is 111 cm³/mol. The summed E-state index contributed by atoms with van der Waals surface area (Å²) >= 11 is 0. The van der Waals surface area contributed by atoms with Gasteiger partial charge in [-0.25, -0.2) is 0 Å². The first-order valence-corrected chi connectivity index (χ1v) is 10.2. The Morgan fingerprint density at radius 2 is 1.38 bits per heavy atom. The largest absolute Gasteiger partial charge is 0.327 e. The summed E-state index contributed by atoms with van der Waals surface area (Å²) in [6.07, 6.45) is 7.26. The SMILES string of the molecule is CCc1ccc(C#Cc2ccc(C3CCC(C(N)CC)CC3)cc2)cc1. The van der Waals surface area contributed by atoms with Crippen molar-refractivity contribution in [1.82, 2.24) is 0 Å². The maximum absolute atomic E-state index is 6.23. The zero-order valence-electron chi connectivity index (χ0n) is 16.2. The van der Waals surface area contributed by atoms with Crippen molar-refractivity contribution in [1.29, 1.82) is 0 Å². The molecule has 1 unspecified atom stereocenters. The molecule has 0 amide bonds. The van der Waals surface area contributed by atoms with Gasteiger partial charge in [0, 0.05) is 17.2 Å². The fourth-order valence-corrected chi connectivity index (χ4v) is 4.02. The lowest BCUT2D eigenvalue weighted by molar-refractivity contribution is 0.277. The molecule has 1 fully saturated rings. The van der Waals surface area contributed by atoms with E-state index < -0.39 is 0 Å². The quantitative estimate of drug-likeness (QED) is 0.711.